The molecular formula is C21H29N3O4. The number of amides is 2. The van der Waals surface area contributed by atoms with Crippen molar-refractivity contribution in [2.24, 2.45) is 5.92 Å². The highest BCUT2D eigenvalue weighted by Crippen LogP contribution is 2.32. The van der Waals surface area contributed by atoms with E-state index in [0.717, 1.165) is 39.1 Å². The zero-order chi connectivity index (χ0) is 19.3. The molecule has 1 aromatic carbocycles. The summed E-state index contributed by atoms with van der Waals surface area (Å²) in [5, 5.41) is 2.96. The van der Waals surface area contributed by atoms with Gasteiger partial charge in [0.2, 0.25) is 12.7 Å². The van der Waals surface area contributed by atoms with Crippen molar-refractivity contribution in [3.63, 3.8) is 0 Å². The molecule has 1 aromatic rings. The fourth-order valence-electron chi connectivity index (χ4n) is 4.28. The van der Waals surface area contributed by atoms with Crippen LogP contribution in [-0.4, -0.2) is 67.7 Å². The SMILES string of the molecule is O=C(NCCN1CCN(C(=O)CC2CCCC2)CC1)c1ccc2c(c1)OCO2. The molecule has 2 fully saturated rings. The van der Waals surface area contributed by atoms with Crippen molar-refractivity contribution < 1.29 is 19.1 Å². The second kappa shape index (κ2) is 8.82. The van der Waals surface area contributed by atoms with Crippen LogP contribution in [0.4, 0.5) is 0 Å². The summed E-state index contributed by atoms with van der Waals surface area (Å²) in [6, 6.07) is 5.23. The molecule has 1 N–H and O–H groups in total. The lowest BCUT2D eigenvalue weighted by Gasteiger charge is -2.35. The van der Waals surface area contributed by atoms with Crippen LogP contribution in [0.3, 0.4) is 0 Å². The van der Waals surface area contributed by atoms with Crippen LogP contribution in [0.2, 0.25) is 0 Å². The van der Waals surface area contributed by atoms with Gasteiger partial charge in [0.25, 0.3) is 5.91 Å². The summed E-state index contributed by atoms with van der Waals surface area (Å²) in [7, 11) is 0. The van der Waals surface area contributed by atoms with E-state index in [1.54, 1.807) is 18.2 Å². The predicted molar refractivity (Wildman–Crippen MR) is 104 cm³/mol. The highest BCUT2D eigenvalue weighted by atomic mass is 16.7. The Hall–Kier alpha value is -2.28. The fourth-order valence-corrected chi connectivity index (χ4v) is 4.28. The molecule has 1 saturated heterocycles. The van der Waals surface area contributed by atoms with Crippen LogP contribution in [0, 0.1) is 5.92 Å². The normalized spacial score (nSPS) is 19.8. The van der Waals surface area contributed by atoms with Gasteiger partial charge in [-0.05, 0) is 37.0 Å². The highest BCUT2D eigenvalue weighted by Gasteiger charge is 2.25. The summed E-state index contributed by atoms with van der Waals surface area (Å²) in [5.41, 5.74) is 0.576. The molecule has 0 bridgehead atoms. The average Bonchev–Trinajstić information content (AvgIpc) is 3.39. The molecule has 2 aliphatic heterocycles. The number of ether oxygens (including phenoxy) is 2. The minimum absolute atomic E-state index is 0.108. The molecule has 1 aliphatic carbocycles. The number of benzene rings is 1. The van der Waals surface area contributed by atoms with Crippen molar-refractivity contribution in [1.29, 1.82) is 0 Å². The first-order valence-electron chi connectivity index (χ1n) is 10.4. The van der Waals surface area contributed by atoms with Gasteiger partial charge >= 0.3 is 0 Å². The van der Waals surface area contributed by atoms with Gasteiger partial charge in [-0.1, -0.05) is 12.8 Å². The van der Waals surface area contributed by atoms with Crippen molar-refractivity contribution in [1.82, 2.24) is 15.1 Å². The summed E-state index contributed by atoms with van der Waals surface area (Å²) in [6.45, 7) is 4.91. The number of carbonyl (C=O) groups excluding carboxylic acids is 2. The smallest absolute Gasteiger partial charge is 0.251 e. The minimum Gasteiger partial charge on any atom is -0.454 e. The number of hydrogen-bond acceptors (Lipinski definition) is 5. The van der Waals surface area contributed by atoms with Crippen LogP contribution in [0.1, 0.15) is 42.5 Å². The van der Waals surface area contributed by atoms with Gasteiger partial charge in [-0.15, -0.1) is 0 Å². The molecule has 152 valence electrons. The van der Waals surface area contributed by atoms with E-state index in [2.05, 4.69) is 10.2 Å². The molecule has 0 unspecified atom stereocenters. The van der Waals surface area contributed by atoms with Crippen molar-refractivity contribution in [3.05, 3.63) is 23.8 Å². The number of carbonyl (C=O) groups is 2. The standard InChI is InChI=1S/C21H29N3O4/c25-20(13-16-3-1-2-4-16)24-11-9-23(10-12-24)8-7-22-21(26)17-5-6-18-19(14-17)28-15-27-18/h5-6,14,16H,1-4,7-13,15H2,(H,22,26). The van der Waals surface area contributed by atoms with Gasteiger partial charge in [0.15, 0.2) is 11.5 Å². The Labute approximate surface area is 166 Å². The van der Waals surface area contributed by atoms with Crippen LogP contribution in [0.15, 0.2) is 18.2 Å². The molecule has 7 heteroatoms. The quantitative estimate of drug-likeness (QED) is 0.807. The number of rotatable bonds is 6. The van der Waals surface area contributed by atoms with Crippen LogP contribution in [0.5, 0.6) is 11.5 Å². The van der Waals surface area contributed by atoms with Crippen LogP contribution >= 0.6 is 0 Å². The summed E-state index contributed by atoms with van der Waals surface area (Å²) in [4.78, 5) is 29.1. The van der Waals surface area contributed by atoms with E-state index in [4.69, 9.17) is 9.47 Å². The highest BCUT2D eigenvalue weighted by molar-refractivity contribution is 5.94. The third-order valence-electron chi connectivity index (χ3n) is 6.01. The molecule has 0 atom stereocenters. The maximum Gasteiger partial charge on any atom is 0.251 e. The third kappa shape index (κ3) is 4.58. The van der Waals surface area contributed by atoms with Gasteiger partial charge in [-0.2, -0.15) is 0 Å². The predicted octanol–water partition coefficient (Wildman–Crippen LogP) is 1.87. The second-order valence-corrected chi connectivity index (χ2v) is 7.90. The Bertz CT molecular complexity index is 710. The van der Waals surface area contributed by atoms with Gasteiger partial charge in [0.05, 0.1) is 0 Å². The van der Waals surface area contributed by atoms with E-state index in [1.165, 1.54) is 25.7 Å². The summed E-state index contributed by atoms with van der Waals surface area (Å²) in [6.07, 6.45) is 5.72. The molecule has 0 aromatic heterocycles. The van der Waals surface area contributed by atoms with Crippen LogP contribution < -0.4 is 14.8 Å². The first kappa shape index (κ1) is 19.1. The Morgan fingerprint density at radius 1 is 1.04 bits per heavy atom. The molecular weight excluding hydrogens is 358 g/mol. The van der Waals surface area contributed by atoms with Crippen LogP contribution in [-0.2, 0) is 4.79 Å². The minimum atomic E-state index is -0.108. The monoisotopic (exact) mass is 387 g/mol. The average molecular weight is 387 g/mol. The largest absolute Gasteiger partial charge is 0.454 e. The van der Waals surface area contributed by atoms with E-state index in [1.807, 2.05) is 4.90 Å². The maximum atomic E-state index is 12.4. The topological polar surface area (TPSA) is 71.1 Å². The molecule has 4 rings (SSSR count). The number of fused-ring (bicyclic) bond motifs is 1. The Balaban J connectivity index is 1.15. The van der Waals surface area contributed by atoms with Gasteiger partial charge in [-0.25, -0.2) is 0 Å². The van der Waals surface area contributed by atoms with Crippen LogP contribution in [0.25, 0.3) is 0 Å². The molecule has 0 spiro atoms. The maximum absolute atomic E-state index is 12.4. The lowest BCUT2D eigenvalue weighted by atomic mass is 10.0. The molecule has 0 radical (unpaired) electrons. The number of nitrogens with one attached hydrogen (secondary N) is 1. The Morgan fingerprint density at radius 2 is 1.79 bits per heavy atom. The van der Waals surface area contributed by atoms with E-state index < -0.39 is 0 Å². The lowest BCUT2D eigenvalue weighted by molar-refractivity contribution is -0.133. The van der Waals surface area contributed by atoms with E-state index >= 15 is 0 Å². The second-order valence-electron chi connectivity index (χ2n) is 7.90. The number of nitrogens with zero attached hydrogens (tertiary/aromatic N) is 2. The van der Waals surface area contributed by atoms with Gasteiger partial charge in [0.1, 0.15) is 0 Å². The lowest BCUT2D eigenvalue weighted by Crippen LogP contribution is -2.50. The first-order valence-corrected chi connectivity index (χ1v) is 10.4. The fraction of sp³-hybridized carbons (Fsp3) is 0.619. The summed E-state index contributed by atoms with van der Waals surface area (Å²) < 4.78 is 10.6. The zero-order valence-electron chi connectivity index (χ0n) is 16.3. The Morgan fingerprint density at radius 3 is 2.57 bits per heavy atom. The molecule has 7 nitrogen and oxygen atoms in total. The molecule has 28 heavy (non-hydrogen) atoms. The third-order valence-corrected chi connectivity index (χ3v) is 6.01. The molecule has 2 amide bonds. The molecule has 3 aliphatic rings. The van der Waals surface area contributed by atoms with Gasteiger partial charge < -0.3 is 19.7 Å². The zero-order valence-corrected chi connectivity index (χ0v) is 16.3. The number of hydrogen-bond donors (Lipinski definition) is 1. The summed E-state index contributed by atoms with van der Waals surface area (Å²) in [5.74, 6) is 2.12. The van der Waals surface area contributed by atoms with Crippen molar-refractivity contribution in [2.45, 2.75) is 32.1 Å². The van der Waals surface area contributed by atoms with Crippen molar-refractivity contribution >= 4 is 11.8 Å². The first-order chi connectivity index (χ1) is 13.7. The molecule has 2 heterocycles. The van der Waals surface area contributed by atoms with Gasteiger partial charge in [-0.3, -0.25) is 14.5 Å². The number of piperazine rings is 1. The van der Waals surface area contributed by atoms with E-state index in [9.17, 15) is 9.59 Å². The Kier molecular flexibility index (Phi) is 6.00. The van der Waals surface area contributed by atoms with E-state index in [-0.39, 0.29) is 12.7 Å². The van der Waals surface area contributed by atoms with Crippen molar-refractivity contribution in [3.8, 4) is 11.5 Å². The van der Waals surface area contributed by atoms with Crippen molar-refractivity contribution in [2.75, 3.05) is 46.1 Å². The molecule has 1 saturated carbocycles. The van der Waals surface area contributed by atoms with Gasteiger partial charge in [0, 0.05) is 51.3 Å². The summed E-state index contributed by atoms with van der Waals surface area (Å²) >= 11 is 0. The van der Waals surface area contributed by atoms with E-state index in [0.29, 0.717) is 35.4 Å².